The Morgan fingerprint density at radius 3 is 2.45 bits per heavy atom. The van der Waals surface area contributed by atoms with E-state index in [1.165, 1.54) is 29.7 Å². The van der Waals surface area contributed by atoms with E-state index in [0.29, 0.717) is 24.1 Å². The number of aromatic amines is 1. The lowest BCUT2D eigenvalue weighted by atomic mass is 9.33. The monoisotopic (exact) mass is 904 g/mol. The number of aliphatic hydroxyl groups is 1. The number of H-pyrrole nitrogens is 1. The summed E-state index contributed by atoms with van der Waals surface area (Å²) in [5.74, 6) is 0.507. The van der Waals surface area contributed by atoms with Gasteiger partial charge in [0.05, 0.1) is 37.5 Å². The second kappa shape index (κ2) is 16.8. The molecule has 4 saturated carbocycles. The van der Waals surface area contributed by atoms with E-state index in [1.54, 1.807) is 5.57 Å². The maximum Gasteiger partial charge on any atom is 0.330 e. The number of carbonyl (C=O) groups excluding carboxylic acids is 1. The molecule has 360 valence electrons. The smallest absolute Gasteiger partial charge is 0.330 e. The number of nitrogens with zero attached hydrogens (tertiary/aromatic N) is 4. The first-order valence-electron chi connectivity index (χ1n) is 25.0. The Kier molecular flexibility index (Phi) is 12.1. The first kappa shape index (κ1) is 46.9. The molecule has 2 N–H and O–H groups in total. The molecule has 6 fully saturated rings. The van der Waals surface area contributed by atoms with Crippen molar-refractivity contribution < 1.29 is 33.6 Å². The number of hydrogen-bond donors (Lipinski definition) is 2. The molecule has 2 aliphatic heterocycles. The highest BCUT2D eigenvalue weighted by Gasteiger charge is 2.69. The summed E-state index contributed by atoms with van der Waals surface area (Å²) in [6.45, 7) is 22.4. The molecule has 9 rings (SSSR count). The Labute approximate surface area is 384 Å². The summed E-state index contributed by atoms with van der Waals surface area (Å²) in [5, 5.41) is 19.8. The summed E-state index contributed by atoms with van der Waals surface area (Å²) >= 11 is 0. The topological polar surface area (TPSA) is 169 Å². The molecule has 14 heteroatoms. The molecule has 0 spiro atoms. The van der Waals surface area contributed by atoms with Crippen LogP contribution in [0.4, 0.5) is 0 Å². The highest BCUT2D eigenvalue weighted by molar-refractivity contribution is 5.78. The molecule has 12 atom stereocenters. The molecule has 7 aliphatic rings. The van der Waals surface area contributed by atoms with Gasteiger partial charge < -0.3 is 28.8 Å². The van der Waals surface area contributed by atoms with Crippen LogP contribution in [0.2, 0.25) is 0 Å². The second-order valence-corrected chi connectivity index (χ2v) is 23.9. The van der Waals surface area contributed by atoms with Gasteiger partial charge in [-0.25, -0.2) is 4.79 Å². The molecule has 2 saturated heterocycles. The van der Waals surface area contributed by atoms with Crippen LogP contribution < -0.4 is 11.2 Å². The lowest BCUT2D eigenvalue weighted by Gasteiger charge is -2.71. The van der Waals surface area contributed by atoms with Crippen LogP contribution in [-0.2, 0) is 41.6 Å². The predicted octanol–water partition coefficient (Wildman–Crippen LogP) is 8.03. The lowest BCUT2D eigenvalue weighted by molar-refractivity contribution is -0.206. The van der Waals surface area contributed by atoms with Gasteiger partial charge in [0.1, 0.15) is 24.0 Å². The number of ether oxygens (including phenoxy) is 5. The number of rotatable bonds is 13. The van der Waals surface area contributed by atoms with Gasteiger partial charge in [0, 0.05) is 18.8 Å². The number of nitrogens with one attached hydrogen (secondary N) is 1. The summed E-state index contributed by atoms with van der Waals surface area (Å²) in [7, 11) is 0. The molecule has 0 aromatic carbocycles. The molecule has 0 amide bonds. The number of esters is 1. The standard InChI is InChI=1S/C51H77N5O9/c1-45(2)21-23-51(24-22-49(8)33(34(51)28-45)14-15-37-48(7)19-17-38(57)46(3,4)36(48)16-20-50(37,49)9)43(59)62-27-13-11-10-12-25-55-29-32(53-54-55)30-61-31-35-40-41(65-47(5,6)64-40)42(63-35)56-26-18-39(58)52-44(56)60/h14,18,26,29,34-38,40-42,57H,10-13,15-17,19-25,27-28,30-31H2,1-9H3,(H,52,58,60)/t34-,35+,36-,37+,38-,40+,41+,42+,48-,49+,50+,51-/m0/s1. The Morgan fingerprint density at radius 2 is 1.66 bits per heavy atom. The van der Waals surface area contributed by atoms with Crippen LogP contribution in [0.25, 0.3) is 0 Å². The molecule has 5 aliphatic carbocycles. The van der Waals surface area contributed by atoms with Crippen molar-refractivity contribution in [2.24, 2.45) is 50.2 Å². The van der Waals surface area contributed by atoms with E-state index in [-0.39, 0.29) is 58.3 Å². The van der Waals surface area contributed by atoms with Crippen molar-refractivity contribution >= 4 is 5.97 Å². The fraction of sp³-hybridized carbons (Fsp3) is 0.824. The Hall–Kier alpha value is -3.17. The minimum atomic E-state index is -0.863. The number of hydrogen-bond acceptors (Lipinski definition) is 11. The fourth-order valence-electron chi connectivity index (χ4n) is 15.1. The van der Waals surface area contributed by atoms with Gasteiger partial charge in [-0.3, -0.25) is 23.8 Å². The molecule has 0 radical (unpaired) electrons. The quantitative estimate of drug-likeness (QED) is 0.113. The van der Waals surface area contributed by atoms with Crippen molar-refractivity contribution in [2.75, 3.05) is 13.2 Å². The number of aryl methyl sites for hydroxylation is 1. The van der Waals surface area contributed by atoms with Crippen LogP contribution >= 0.6 is 0 Å². The van der Waals surface area contributed by atoms with E-state index < -0.39 is 47.0 Å². The first-order chi connectivity index (χ1) is 30.6. The number of carbonyl (C=O) groups is 1. The van der Waals surface area contributed by atoms with E-state index in [1.807, 2.05) is 24.7 Å². The van der Waals surface area contributed by atoms with E-state index in [4.69, 9.17) is 23.7 Å². The van der Waals surface area contributed by atoms with Crippen molar-refractivity contribution in [2.45, 2.75) is 202 Å². The van der Waals surface area contributed by atoms with Gasteiger partial charge in [0.25, 0.3) is 5.56 Å². The highest BCUT2D eigenvalue weighted by Crippen LogP contribution is 2.76. The van der Waals surface area contributed by atoms with Gasteiger partial charge >= 0.3 is 11.7 Å². The van der Waals surface area contributed by atoms with Gasteiger partial charge in [-0.2, -0.15) is 0 Å². The second-order valence-electron chi connectivity index (χ2n) is 23.9. The summed E-state index contributed by atoms with van der Waals surface area (Å²) in [6, 6.07) is 1.28. The molecular formula is C51H77N5O9. The van der Waals surface area contributed by atoms with Gasteiger partial charge in [0.2, 0.25) is 0 Å². The van der Waals surface area contributed by atoms with Crippen molar-refractivity contribution in [1.82, 2.24) is 24.5 Å². The molecule has 65 heavy (non-hydrogen) atoms. The third-order valence-corrected chi connectivity index (χ3v) is 18.9. The normalized spacial score (nSPS) is 39.9. The van der Waals surface area contributed by atoms with Gasteiger partial charge in [0.15, 0.2) is 12.0 Å². The SMILES string of the molecule is CC1(C)CC[C@]2(C(=O)OCCCCCCn3cc(COC[C@H]4O[C@@H](n5ccc(=O)[nH]c5=O)[C@@H]5OC(C)(C)O[C@@H]54)nn3)CC[C@]3(C)C(=CC[C@@H]4[C@@]5(C)CC[C@H](O)C(C)(C)[C@@H]5CC[C@]43C)[C@@H]2C1. The third kappa shape index (κ3) is 8.04. The first-order valence-corrected chi connectivity index (χ1v) is 25.0. The maximum absolute atomic E-state index is 14.5. The third-order valence-electron chi connectivity index (χ3n) is 18.9. The lowest BCUT2D eigenvalue weighted by Crippen LogP contribution is -2.65. The largest absolute Gasteiger partial charge is 0.465 e. The molecule has 0 unspecified atom stereocenters. The van der Waals surface area contributed by atoms with E-state index in [0.717, 1.165) is 83.6 Å². The summed E-state index contributed by atoms with van der Waals surface area (Å²) in [4.78, 5) is 41.0. The number of aromatic nitrogens is 5. The molecule has 0 bridgehead atoms. The molecule has 2 aromatic rings. The number of unbranched alkanes of at least 4 members (excludes halogenated alkanes) is 3. The van der Waals surface area contributed by atoms with Crippen LogP contribution in [0.15, 0.2) is 39.7 Å². The molecular weight excluding hydrogens is 827 g/mol. The maximum atomic E-state index is 14.5. The van der Waals surface area contributed by atoms with Gasteiger partial charge in [-0.05, 0) is 142 Å². The summed E-state index contributed by atoms with van der Waals surface area (Å²) < 4.78 is 33.9. The molecule has 2 aromatic heterocycles. The van der Waals surface area contributed by atoms with E-state index in [9.17, 15) is 19.5 Å². The summed E-state index contributed by atoms with van der Waals surface area (Å²) in [6.07, 6.45) is 17.6. The minimum Gasteiger partial charge on any atom is -0.465 e. The average Bonchev–Trinajstić information content (AvgIpc) is 3.92. The van der Waals surface area contributed by atoms with Crippen LogP contribution in [0.1, 0.15) is 164 Å². The zero-order chi connectivity index (χ0) is 46.4. The zero-order valence-electron chi connectivity index (χ0n) is 40.7. The van der Waals surface area contributed by atoms with Crippen molar-refractivity contribution in [1.29, 1.82) is 0 Å². The van der Waals surface area contributed by atoms with Crippen molar-refractivity contribution in [3.8, 4) is 0 Å². The summed E-state index contributed by atoms with van der Waals surface area (Å²) in [5.41, 5.74) is 1.31. The fourth-order valence-corrected chi connectivity index (χ4v) is 15.1. The zero-order valence-corrected chi connectivity index (χ0v) is 40.7. The highest BCUT2D eigenvalue weighted by atomic mass is 16.8. The Morgan fingerprint density at radius 1 is 0.908 bits per heavy atom. The predicted molar refractivity (Wildman–Crippen MR) is 243 cm³/mol. The number of aliphatic hydroxyl groups excluding tert-OH is 1. The van der Waals surface area contributed by atoms with Gasteiger partial charge in [-0.1, -0.05) is 71.7 Å². The van der Waals surface area contributed by atoms with Crippen LogP contribution in [0, 0.1) is 50.2 Å². The van der Waals surface area contributed by atoms with E-state index in [2.05, 4.69) is 69.8 Å². The van der Waals surface area contributed by atoms with Crippen LogP contribution in [-0.4, -0.2) is 79.0 Å². The minimum absolute atomic E-state index is 0.0422. The van der Waals surface area contributed by atoms with E-state index >= 15 is 0 Å². The van der Waals surface area contributed by atoms with Crippen molar-refractivity contribution in [3.63, 3.8) is 0 Å². The Bertz CT molecular complexity index is 2250. The average molecular weight is 904 g/mol. The van der Waals surface area contributed by atoms with Crippen LogP contribution in [0.5, 0.6) is 0 Å². The van der Waals surface area contributed by atoms with Crippen LogP contribution in [0.3, 0.4) is 0 Å². The van der Waals surface area contributed by atoms with Crippen molar-refractivity contribution in [3.05, 3.63) is 56.6 Å². The number of fused-ring (bicyclic) bond motifs is 8. The molecule has 14 nitrogen and oxygen atoms in total. The molecule has 4 heterocycles. The Balaban J connectivity index is 0.748. The number of allylic oxidation sites excluding steroid dienone is 2. The van der Waals surface area contributed by atoms with Gasteiger partial charge in [-0.15, -0.1) is 5.10 Å².